The fourth-order valence-electron chi connectivity index (χ4n) is 2.87. The Morgan fingerprint density at radius 2 is 2.00 bits per heavy atom. The average molecular weight is 403 g/mol. The Bertz CT molecular complexity index is 808. The fraction of sp³-hybridized carbons (Fsp3) is 0.500. The Hall–Kier alpha value is -2.00. The molecule has 0 aromatic heterocycles. The number of alkyl halides is 2. The largest absolute Gasteiger partial charge is 0.465 e. The van der Waals surface area contributed by atoms with Crippen LogP contribution in [0.4, 0.5) is 8.78 Å². The van der Waals surface area contributed by atoms with Gasteiger partial charge in [0.25, 0.3) is 0 Å². The molecular weight excluding hydrogens is 380 g/mol. The highest BCUT2D eigenvalue weighted by atomic mass is 32.2. The molecule has 150 valence electrons. The van der Waals surface area contributed by atoms with Crippen LogP contribution in [0.1, 0.15) is 37.8 Å². The van der Waals surface area contributed by atoms with Crippen LogP contribution in [0, 0.1) is 0 Å². The minimum atomic E-state index is -3.83. The second-order valence-corrected chi connectivity index (χ2v) is 7.98. The third-order valence-corrected chi connectivity index (χ3v) is 6.03. The Labute approximate surface area is 157 Å². The Balaban J connectivity index is 2.27. The first-order chi connectivity index (χ1) is 12.8. The molecule has 6 nitrogen and oxygen atoms in total. The second kappa shape index (κ2) is 9.27. The molecule has 0 heterocycles. The molecule has 0 aliphatic heterocycles. The molecule has 0 saturated carbocycles. The zero-order chi connectivity index (χ0) is 20.0. The van der Waals surface area contributed by atoms with E-state index >= 15 is 0 Å². The van der Waals surface area contributed by atoms with Gasteiger partial charge in [0.15, 0.2) is 0 Å². The summed E-state index contributed by atoms with van der Waals surface area (Å²) in [6.45, 7) is 0.606. The summed E-state index contributed by atoms with van der Waals surface area (Å²) in [5.41, 5.74) is 1.37. The smallest absolute Gasteiger partial charge is 0.387 e. The summed E-state index contributed by atoms with van der Waals surface area (Å²) in [6.07, 6.45) is 2.67. The van der Waals surface area contributed by atoms with E-state index in [0.717, 1.165) is 9.87 Å². The van der Waals surface area contributed by atoms with Crippen molar-refractivity contribution in [1.82, 2.24) is 4.31 Å². The minimum absolute atomic E-state index is 0.0402. The van der Waals surface area contributed by atoms with Crippen LogP contribution >= 0.6 is 0 Å². The number of carbonyl (C=O) groups is 1. The van der Waals surface area contributed by atoms with Crippen LogP contribution in [0.15, 0.2) is 23.1 Å². The molecule has 0 atom stereocenters. The summed E-state index contributed by atoms with van der Waals surface area (Å²) < 4.78 is 61.0. The number of halogens is 2. The number of rotatable bonds is 9. The van der Waals surface area contributed by atoms with Gasteiger partial charge in [-0.25, -0.2) is 8.42 Å². The van der Waals surface area contributed by atoms with Gasteiger partial charge >= 0.3 is 12.6 Å². The third-order valence-electron chi connectivity index (χ3n) is 4.05. The minimum Gasteiger partial charge on any atom is -0.465 e. The molecule has 0 amide bonds. The first-order valence-corrected chi connectivity index (χ1v) is 10.2. The number of nitrogens with zero attached hydrogens (tertiary/aromatic N) is 1. The monoisotopic (exact) mass is 403 g/mol. The van der Waals surface area contributed by atoms with E-state index in [0.29, 0.717) is 18.4 Å². The first kappa shape index (κ1) is 21.3. The molecule has 2 rings (SSSR count). The zero-order valence-corrected chi connectivity index (χ0v) is 16.1. The van der Waals surface area contributed by atoms with Crippen molar-refractivity contribution < 1.29 is 31.5 Å². The highest BCUT2D eigenvalue weighted by molar-refractivity contribution is 7.93. The summed E-state index contributed by atoms with van der Waals surface area (Å²) in [6, 6.07) is 4.42. The summed E-state index contributed by atoms with van der Waals surface area (Å²) in [4.78, 5) is 11.9. The molecule has 0 bridgehead atoms. The van der Waals surface area contributed by atoms with Gasteiger partial charge in [-0.05, 0) is 55.5 Å². The fourth-order valence-corrected chi connectivity index (χ4v) is 4.54. The summed E-state index contributed by atoms with van der Waals surface area (Å²) in [5, 5.41) is 0. The zero-order valence-electron chi connectivity index (χ0n) is 15.3. The maximum Gasteiger partial charge on any atom is 0.387 e. The van der Waals surface area contributed by atoms with Gasteiger partial charge in [0, 0.05) is 6.54 Å². The van der Waals surface area contributed by atoms with Gasteiger partial charge < -0.3 is 9.47 Å². The number of sulfonamides is 1. The highest BCUT2D eigenvalue weighted by Crippen LogP contribution is 2.31. The van der Waals surface area contributed by atoms with Crippen LogP contribution in [0.3, 0.4) is 0 Å². The number of carbonyl (C=O) groups excluding carboxylic acids is 1. The molecule has 0 saturated heterocycles. The van der Waals surface area contributed by atoms with Crippen LogP contribution < -0.4 is 4.74 Å². The number of esters is 1. The van der Waals surface area contributed by atoms with Crippen LogP contribution in [0.2, 0.25) is 0 Å². The van der Waals surface area contributed by atoms with Crippen molar-refractivity contribution in [2.75, 3.05) is 19.7 Å². The summed E-state index contributed by atoms with van der Waals surface area (Å²) in [5.74, 6) is -0.557. The highest BCUT2D eigenvalue weighted by Gasteiger charge is 2.30. The lowest BCUT2D eigenvalue weighted by molar-refractivity contribution is -0.143. The van der Waals surface area contributed by atoms with Crippen LogP contribution in [0.25, 0.3) is 6.08 Å². The number of hydrogen-bond acceptors (Lipinski definition) is 5. The molecule has 0 fully saturated rings. The lowest BCUT2D eigenvalue weighted by Crippen LogP contribution is -2.38. The van der Waals surface area contributed by atoms with Crippen molar-refractivity contribution in [2.24, 2.45) is 0 Å². The van der Waals surface area contributed by atoms with Crippen molar-refractivity contribution in [1.29, 1.82) is 0 Å². The van der Waals surface area contributed by atoms with Gasteiger partial charge in [-0.1, -0.05) is 13.0 Å². The number of ether oxygens (including phenoxy) is 2. The summed E-state index contributed by atoms with van der Waals surface area (Å²) in [7, 11) is -3.83. The molecular formula is C18H23F2NO5S. The standard InChI is InChI=1S/C18H23F2NO5S/c1-3-9-21(12-17(22)25-4-2)27(23,24)16-8-6-13-10-15(26-18(19)20)7-5-14(13)11-16/h5,7,10-11,18H,3-4,6,8-9,12H2,1-2H3. The predicted molar refractivity (Wildman–Crippen MR) is 96.8 cm³/mol. The Morgan fingerprint density at radius 1 is 1.26 bits per heavy atom. The quantitative estimate of drug-likeness (QED) is 0.592. The van der Waals surface area contributed by atoms with Crippen LogP contribution in [-0.2, 0) is 26.0 Å². The topological polar surface area (TPSA) is 72.9 Å². The van der Waals surface area contributed by atoms with Gasteiger partial charge in [-0.2, -0.15) is 13.1 Å². The maximum atomic E-state index is 13.0. The molecule has 1 aromatic carbocycles. The molecule has 0 unspecified atom stereocenters. The number of allylic oxidation sites excluding steroid dienone is 1. The van der Waals surface area contributed by atoms with Crippen molar-refractivity contribution in [3.05, 3.63) is 34.2 Å². The maximum absolute atomic E-state index is 13.0. The number of hydrogen-bond donors (Lipinski definition) is 0. The molecule has 9 heteroatoms. The molecule has 1 aliphatic carbocycles. The Kier molecular flexibility index (Phi) is 7.32. The predicted octanol–water partition coefficient (Wildman–Crippen LogP) is 3.18. The van der Waals surface area contributed by atoms with Gasteiger partial charge in [0.05, 0.1) is 11.5 Å². The first-order valence-electron chi connectivity index (χ1n) is 8.72. The Morgan fingerprint density at radius 3 is 2.63 bits per heavy atom. The van der Waals surface area contributed by atoms with Gasteiger partial charge in [-0.15, -0.1) is 0 Å². The van der Waals surface area contributed by atoms with E-state index < -0.39 is 22.6 Å². The number of fused-ring (bicyclic) bond motifs is 1. The van der Waals surface area contributed by atoms with E-state index in [2.05, 4.69) is 4.74 Å². The van der Waals surface area contributed by atoms with Crippen LogP contribution in [-0.4, -0.2) is 45.0 Å². The lowest BCUT2D eigenvalue weighted by Gasteiger charge is -2.24. The number of benzene rings is 1. The molecule has 27 heavy (non-hydrogen) atoms. The molecule has 0 N–H and O–H groups in total. The molecule has 0 spiro atoms. The average Bonchev–Trinajstić information content (AvgIpc) is 2.60. The van der Waals surface area contributed by atoms with E-state index in [1.165, 1.54) is 18.2 Å². The molecule has 1 aliphatic rings. The van der Waals surface area contributed by atoms with Crippen molar-refractivity contribution in [3.8, 4) is 5.75 Å². The van der Waals surface area contributed by atoms with Crippen molar-refractivity contribution in [3.63, 3.8) is 0 Å². The van der Waals surface area contributed by atoms with Gasteiger partial charge in [-0.3, -0.25) is 4.79 Å². The van der Waals surface area contributed by atoms with Crippen molar-refractivity contribution in [2.45, 2.75) is 39.7 Å². The van der Waals surface area contributed by atoms with Crippen molar-refractivity contribution >= 4 is 22.1 Å². The summed E-state index contributed by atoms with van der Waals surface area (Å²) >= 11 is 0. The van der Waals surface area contributed by atoms with Crippen LogP contribution in [0.5, 0.6) is 5.75 Å². The van der Waals surface area contributed by atoms with Gasteiger partial charge in [0.1, 0.15) is 12.3 Å². The molecule has 0 radical (unpaired) electrons. The van der Waals surface area contributed by atoms with E-state index in [1.54, 1.807) is 13.0 Å². The van der Waals surface area contributed by atoms with E-state index in [-0.39, 0.29) is 36.8 Å². The normalized spacial score (nSPS) is 14.1. The van der Waals surface area contributed by atoms with Gasteiger partial charge in [0.2, 0.25) is 10.0 Å². The lowest BCUT2D eigenvalue weighted by atomic mass is 9.97. The SMILES string of the molecule is CCCN(CC(=O)OCC)S(=O)(=O)C1=Cc2ccc(OC(F)F)cc2CC1. The van der Waals surface area contributed by atoms with E-state index in [1.807, 2.05) is 6.92 Å². The van der Waals surface area contributed by atoms with E-state index in [9.17, 15) is 22.0 Å². The van der Waals surface area contributed by atoms with E-state index in [4.69, 9.17) is 4.74 Å². The molecule has 1 aromatic rings. The second-order valence-electron chi connectivity index (χ2n) is 5.99. The third kappa shape index (κ3) is 5.49. The number of aryl methyl sites for hydroxylation is 1.